The van der Waals surface area contributed by atoms with Gasteiger partial charge in [0, 0.05) is 66.2 Å². The fraction of sp³-hybridized carbons (Fsp3) is 0.407. The Morgan fingerprint density at radius 2 is 1.71 bits per heavy atom. The summed E-state index contributed by atoms with van der Waals surface area (Å²) in [6, 6.07) is 15.5. The molecule has 5 nitrogen and oxygen atoms in total. The maximum atomic E-state index is 13.4. The first-order chi connectivity index (χ1) is 16.9. The van der Waals surface area contributed by atoms with Gasteiger partial charge >= 0.3 is 0 Å². The van der Waals surface area contributed by atoms with E-state index in [1.165, 1.54) is 0 Å². The fourth-order valence-corrected chi connectivity index (χ4v) is 7.25. The monoisotopic (exact) mass is 529 g/mol. The van der Waals surface area contributed by atoms with Gasteiger partial charge in [-0.05, 0) is 61.2 Å². The van der Waals surface area contributed by atoms with Crippen LogP contribution >= 0.6 is 35.0 Å². The number of nitrogens with zero attached hydrogens (tertiary/aromatic N) is 3. The Hall–Kier alpha value is -2.15. The third kappa shape index (κ3) is 5.35. The molecule has 1 aliphatic carbocycles. The third-order valence-electron chi connectivity index (χ3n) is 7.32. The molecule has 2 heterocycles. The molecule has 2 amide bonds. The number of benzene rings is 2. The number of hydrogen-bond donors (Lipinski definition) is 0. The summed E-state index contributed by atoms with van der Waals surface area (Å²) >= 11 is 13.9. The Balaban J connectivity index is 1.20. The summed E-state index contributed by atoms with van der Waals surface area (Å²) < 4.78 is 0. The van der Waals surface area contributed by atoms with Crippen LogP contribution in [0.25, 0.3) is 6.08 Å². The van der Waals surface area contributed by atoms with Crippen LogP contribution in [0.15, 0.2) is 53.4 Å². The lowest BCUT2D eigenvalue weighted by Crippen LogP contribution is -2.55. The van der Waals surface area contributed by atoms with Gasteiger partial charge in [0.25, 0.3) is 5.91 Å². The zero-order valence-corrected chi connectivity index (χ0v) is 22.0. The zero-order chi connectivity index (χ0) is 24.5. The number of carbonyl (C=O) groups is 2. The summed E-state index contributed by atoms with van der Waals surface area (Å²) in [7, 11) is 1.88. The van der Waals surface area contributed by atoms with E-state index in [4.69, 9.17) is 23.2 Å². The lowest BCUT2D eigenvalue weighted by molar-refractivity contribution is -0.139. The van der Waals surface area contributed by atoms with Gasteiger partial charge in [0.2, 0.25) is 5.91 Å². The van der Waals surface area contributed by atoms with Crippen molar-refractivity contribution in [2.45, 2.75) is 30.6 Å². The smallest absolute Gasteiger partial charge is 0.260 e. The second-order valence-electron chi connectivity index (χ2n) is 9.51. The molecule has 3 unspecified atom stereocenters. The molecule has 3 aliphatic rings. The molecule has 2 aromatic carbocycles. The van der Waals surface area contributed by atoms with Gasteiger partial charge in [-0.15, -0.1) is 11.8 Å². The molecule has 184 valence electrons. The molecule has 0 N–H and O–H groups in total. The standard InChI is InChI=1S/C27H29Cl2N3O2S/c1-30-23-16-19(26(33)32-12-10-31(11-13-32)22-7-3-6-21(29)17-22)8-9-24(23)35-25(27(30)34)15-18-4-2-5-20(28)14-18/h2-7,14-15,17,19,23-24H,8-13,16H2,1H3/b25-15-. The van der Waals surface area contributed by atoms with Crippen LogP contribution in [0.2, 0.25) is 10.0 Å². The molecular weight excluding hydrogens is 501 g/mol. The van der Waals surface area contributed by atoms with Gasteiger partial charge in [-0.25, -0.2) is 0 Å². The average molecular weight is 531 g/mol. The minimum atomic E-state index is -0.0247. The number of anilines is 1. The molecule has 0 radical (unpaired) electrons. The van der Waals surface area contributed by atoms with Gasteiger partial charge in [0.05, 0.1) is 4.91 Å². The van der Waals surface area contributed by atoms with Crippen molar-refractivity contribution in [3.05, 3.63) is 69.0 Å². The van der Waals surface area contributed by atoms with E-state index in [9.17, 15) is 9.59 Å². The van der Waals surface area contributed by atoms with Gasteiger partial charge in [-0.1, -0.05) is 41.4 Å². The third-order valence-corrected chi connectivity index (χ3v) is 9.19. The first-order valence-electron chi connectivity index (χ1n) is 12.1. The largest absolute Gasteiger partial charge is 0.368 e. The lowest BCUT2D eigenvalue weighted by Gasteiger charge is -2.45. The van der Waals surface area contributed by atoms with Crippen LogP contribution in [-0.4, -0.2) is 66.1 Å². The Bertz CT molecular complexity index is 1150. The number of piperazine rings is 1. The molecular formula is C27H29Cl2N3O2S. The van der Waals surface area contributed by atoms with Gasteiger partial charge in [0.15, 0.2) is 0 Å². The number of likely N-dealkylation sites (N-methyl/N-ethyl adjacent to an activating group) is 1. The molecule has 8 heteroatoms. The fourth-order valence-electron chi connectivity index (χ4n) is 5.39. The Labute approximate surface area is 221 Å². The number of halogens is 2. The second kappa shape index (κ2) is 10.5. The van der Waals surface area contributed by atoms with E-state index in [-0.39, 0.29) is 23.8 Å². The van der Waals surface area contributed by atoms with E-state index in [0.29, 0.717) is 23.4 Å². The maximum absolute atomic E-state index is 13.4. The van der Waals surface area contributed by atoms with Gasteiger partial charge in [-0.3, -0.25) is 9.59 Å². The molecule has 3 fully saturated rings. The van der Waals surface area contributed by atoms with E-state index >= 15 is 0 Å². The molecule has 3 atom stereocenters. The van der Waals surface area contributed by atoms with Crippen LogP contribution in [0.1, 0.15) is 24.8 Å². The summed E-state index contributed by atoms with van der Waals surface area (Å²) in [6.07, 6.45) is 4.46. The van der Waals surface area contributed by atoms with Crippen molar-refractivity contribution in [2.75, 3.05) is 38.1 Å². The van der Waals surface area contributed by atoms with Gasteiger partial charge in [-0.2, -0.15) is 0 Å². The van der Waals surface area contributed by atoms with Crippen molar-refractivity contribution in [1.29, 1.82) is 0 Å². The number of hydrogen-bond acceptors (Lipinski definition) is 4. The number of carbonyl (C=O) groups excluding carboxylic acids is 2. The molecule has 5 rings (SSSR count). The maximum Gasteiger partial charge on any atom is 0.260 e. The molecule has 1 saturated carbocycles. The highest BCUT2D eigenvalue weighted by atomic mass is 35.5. The van der Waals surface area contributed by atoms with Crippen LogP contribution in [0.3, 0.4) is 0 Å². The SMILES string of the molecule is CN1C(=O)/C(=C/c2cccc(Cl)c2)SC2CCC(C(=O)N3CCN(c4cccc(Cl)c4)CC3)CC21. The van der Waals surface area contributed by atoms with Crippen LogP contribution in [0.5, 0.6) is 0 Å². The summed E-state index contributed by atoms with van der Waals surface area (Å²) in [5.74, 6) is 0.239. The normalized spacial score (nSPS) is 26.1. The Kier molecular flexibility index (Phi) is 7.33. The summed E-state index contributed by atoms with van der Waals surface area (Å²) in [5, 5.41) is 1.70. The quantitative estimate of drug-likeness (QED) is 0.497. The average Bonchev–Trinajstić information content (AvgIpc) is 2.87. The molecule has 2 aromatic rings. The number of thioether (sulfide) groups is 1. The predicted octanol–water partition coefficient (Wildman–Crippen LogP) is 5.43. The van der Waals surface area contributed by atoms with Crippen LogP contribution in [0, 0.1) is 5.92 Å². The summed E-state index contributed by atoms with van der Waals surface area (Å²) in [4.78, 5) is 33.4. The van der Waals surface area contributed by atoms with Crippen LogP contribution in [0.4, 0.5) is 5.69 Å². The highest BCUT2D eigenvalue weighted by Gasteiger charge is 2.43. The van der Waals surface area contributed by atoms with Crippen molar-refractivity contribution in [1.82, 2.24) is 9.80 Å². The zero-order valence-electron chi connectivity index (χ0n) is 19.7. The first-order valence-corrected chi connectivity index (χ1v) is 13.7. The molecule has 2 saturated heterocycles. The van der Waals surface area contributed by atoms with E-state index in [1.54, 1.807) is 11.8 Å². The van der Waals surface area contributed by atoms with Crippen molar-refractivity contribution in [3.63, 3.8) is 0 Å². The molecule has 0 aromatic heterocycles. The lowest BCUT2D eigenvalue weighted by atomic mass is 9.83. The Morgan fingerprint density at radius 3 is 2.43 bits per heavy atom. The first kappa shape index (κ1) is 24.5. The van der Waals surface area contributed by atoms with Gasteiger partial charge < -0.3 is 14.7 Å². The molecule has 2 aliphatic heterocycles. The second-order valence-corrected chi connectivity index (χ2v) is 11.7. The summed E-state index contributed by atoms with van der Waals surface area (Å²) in [5.41, 5.74) is 2.03. The number of fused-ring (bicyclic) bond motifs is 1. The summed E-state index contributed by atoms with van der Waals surface area (Å²) in [6.45, 7) is 3.03. The minimum absolute atomic E-state index is 0.0247. The highest BCUT2D eigenvalue weighted by molar-refractivity contribution is 8.04. The topological polar surface area (TPSA) is 43.9 Å². The van der Waals surface area contributed by atoms with Crippen molar-refractivity contribution in [2.24, 2.45) is 5.92 Å². The van der Waals surface area contributed by atoms with Crippen molar-refractivity contribution < 1.29 is 9.59 Å². The Morgan fingerprint density at radius 1 is 1.00 bits per heavy atom. The van der Waals surface area contributed by atoms with Gasteiger partial charge in [0.1, 0.15) is 0 Å². The van der Waals surface area contributed by atoms with E-state index in [0.717, 1.165) is 53.5 Å². The molecule has 0 spiro atoms. The van der Waals surface area contributed by atoms with Crippen LogP contribution < -0.4 is 4.90 Å². The minimum Gasteiger partial charge on any atom is -0.368 e. The van der Waals surface area contributed by atoms with E-state index in [1.807, 2.05) is 65.4 Å². The van der Waals surface area contributed by atoms with Crippen molar-refractivity contribution in [3.8, 4) is 0 Å². The van der Waals surface area contributed by atoms with Crippen molar-refractivity contribution >= 4 is 58.5 Å². The highest BCUT2D eigenvalue weighted by Crippen LogP contribution is 2.43. The molecule has 0 bridgehead atoms. The predicted molar refractivity (Wildman–Crippen MR) is 145 cm³/mol. The number of rotatable bonds is 3. The van der Waals surface area contributed by atoms with Crippen LogP contribution in [-0.2, 0) is 9.59 Å². The number of amides is 2. The molecule has 35 heavy (non-hydrogen) atoms. The van der Waals surface area contributed by atoms with E-state index in [2.05, 4.69) is 11.0 Å². The van der Waals surface area contributed by atoms with E-state index < -0.39 is 0 Å².